The number of hydrogen-bond acceptors (Lipinski definition) is 4. The Morgan fingerprint density at radius 1 is 1.65 bits per heavy atom. The van der Waals surface area contributed by atoms with E-state index >= 15 is 0 Å². The summed E-state index contributed by atoms with van der Waals surface area (Å²) in [6.07, 6.45) is 3.81. The predicted molar refractivity (Wildman–Crippen MR) is 62.1 cm³/mol. The number of likely N-dealkylation sites (tertiary alicyclic amines) is 1. The number of carbonyl (C=O) groups excluding carboxylic acids is 1. The number of aryl methyl sites for hydroxylation is 1. The number of oxime groups is 1. The summed E-state index contributed by atoms with van der Waals surface area (Å²) in [5.74, 6) is 0.0831. The van der Waals surface area contributed by atoms with Gasteiger partial charge in [0.15, 0.2) is 0 Å². The number of carbonyl (C=O) groups is 1. The first-order valence-corrected chi connectivity index (χ1v) is 5.60. The number of imidazole rings is 1. The highest BCUT2D eigenvalue weighted by Gasteiger charge is 2.27. The molecule has 1 aromatic rings. The molecule has 0 radical (unpaired) electrons. The van der Waals surface area contributed by atoms with Gasteiger partial charge in [0.05, 0.1) is 18.2 Å². The molecule has 1 saturated heterocycles. The lowest BCUT2D eigenvalue weighted by atomic mass is 9.97. The molecule has 92 valence electrons. The minimum atomic E-state index is -0.0196. The lowest BCUT2D eigenvalue weighted by molar-refractivity contribution is 0.0724. The van der Waals surface area contributed by atoms with Crippen LogP contribution in [-0.2, 0) is 7.05 Å². The van der Waals surface area contributed by atoms with Gasteiger partial charge in [-0.15, -0.1) is 0 Å². The number of amides is 1. The lowest BCUT2D eigenvalue weighted by Crippen LogP contribution is -2.43. The molecule has 0 saturated carbocycles. The second-order valence-corrected chi connectivity index (χ2v) is 4.38. The lowest BCUT2D eigenvalue weighted by Gasteiger charge is -2.31. The predicted octanol–water partition coefficient (Wildman–Crippen LogP) is 0.732. The van der Waals surface area contributed by atoms with Crippen LogP contribution < -0.4 is 0 Å². The van der Waals surface area contributed by atoms with Crippen molar-refractivity contribution in [1.29, 1.82) is 0 Å². The Bertz CT molecular complexity index is 452. The highest BCUT2D eigenvalue weighted by Crippen LogP contribution is 2.16. The normalized spacial score (nSPS) is 23.1. The molecular formula is C11H16N4O2. The zero-order chi connectivity index (χ0) is 12.4. The largest absolute Gasteiger partial charge is 0.411 e. The molecule has 1 fully saturated rings. The topological polar surface area (TPSA) is 70.7 Å². The fourth-order valence-electron chi connectivity index (χ4n) is 2.08. The molecule has 1 amide bonds. The highest BCUT2D eigenvalue weighted by molar-refractivity contribution is 5.95. The maximum absolute atomic E-state index is 12.2. The van der Waals surface area contributed by atoms with Crippen molar-refractivity contribution >= 4 is 11.6 Å². The molecule has 0 aliphatic carbocycles. The Labute approximate surface area is 99.5 Å². The van der Waals surface area contributed by atoms with Gasteiger partial charge < -0.3 is 14.7 Å². The van der Waals surface area contributed by atoms with E-state index in [-0.39, 0.29) is 11.8 Å². The van der Waals surface area contributed by atoms with Crippen molar-refractivity contribution in [1.82, 2.24) is 14.5 Å². The third-order valence-corrected chi connectivity index (χ3v) is 3.15. The zero-order valence-electron chi connectivity index (χ0n) is 10.00. The summed E-state index contributed by atoms with van der Waals surface area (Å²) in [4.78, 5) is 17.9. The van der Waals surface area contributed by atoms with E-state index in [1.807, 2.05) is 6.92 Å². The Balaban J connectivity index is 2.11. The van der Waals surface area contributed by atoms with E-state index in [1.165, 1.54) is 0 Å². The third-order valence-electron chi connectivity index (χ3n) is 3.15. The van der Waals surface area contributed by atoms with Crippen LogP contribution >= 0.6 is 0 Å². The van der Waals surface area contributed by atoms with Crippen LogP contribution in [0.15, 0.2) is 17.7 Å². The molecule has 17 heavy (non-hydrogen) atoms. The molecule has 6 nitrogen and oxygen atoms in total. The molecule has 1 aliphatic heterocycles. The summed E-state index contributed by atoms with van der Waals surface area (Å²) in [5.41, 5.74) is 1.35. The molecule has 2 heterocycles. The van der Waals surface area contributed by atoms with Gasteiger partial charge in [-0.25, -0.2) is 4.98 Å². The monoisotopic (exact) mass is 236 g/mol. The summed E-state index contributed by atoms with van der Waals surface area (Å²) in [5, 5.41) is 12.0. The smallest absolute Gasteiger partial charge is 0.272 e. The fraction of sp³-hybridized carbons (Fsp3) is 0.545. The van der Waals surface area contributed by atoms with Crippen molar-refractivity contribution in [3.8, 4) is 0 Å². The third kappa shape index (κ3) is 2.15. The quantitative estimate of drug-likeness (QED) is 0.577. The van der Waals surface area contributed by atoms with Crippen LogP contribution in [0.5, 0.6) is 0 Å². The van der Waals surface area contributed by atoms with Gasteiger partial charge in [-0.2, -0.15) is 0 Å². The standard InChI is InChI=1S/C11H16N4O2/c1-8-6-15(4-3-9(8)13-17)11(16)10-5-12-7-14(10)2/h5,7-8,17H,3-4,6H2,1-2H3. The van der Waals surface area contributed by atoms with Gasteiger partial charge >= 0.3 is 0 Å². The van der Waals surface area contributed by atoms with Crippen LogP contribution in [0.3, 0.4) is 0 Å². The van der Waals surface area contributed by atoms with E-state index in [1.54, 1.807) is 29.0 Å². The first-order chi connectivity index (χ1) is 8.13. The van der Waals surface area contributed by atoms with Crippen molar-refractivity contribution in [2.75, 3.05) is 13.1 Å². The molecular weight excluding hydrogens is 220 g/mol. The molecule has 6 heteroatoms. The van der Waals surface area contributed by atoms with Gasteiger partial charge in [-0.05, 0) is 0 Å². The molecule has 0 bridgehead atoms. The van der Waals surface area contributed by atoms with Gasteiger partial charge in [0.1, 0.15) is 5.69 Å². The molecule has 1 atom stereocenters. The summed E-state index contributed by atoms with van der Waals surface area (Å²) < 4.78 is 1.71. The summed E-state index contributed by atoms with van der Waals surface area (Å²) in [6, 6.07) is 0. The first-order valence-electron chi connectivity index (χ1n) is 5.60. The van der Waals surface area contributed by atoms with E-state index in [2.05, 4.69) is 10.1 Å². The van der Waals surface area contributed by atoms with Gasteiger partial charge in [-0.3, -0.25) is 4.79 Å². The average molecular weight is 236 g/mol. The number of nitrogens with zero attached hydrogens (tertiary/aromatic N) is 4. The molecule has 1 N–H and O–H groups in total. The van der Waals surface area contributed by atoms with Gasteiger partial charge in [0.25, 0.3) is 5.91 Å². The SMILES string of the molecule is CC1CN(C(=O)c2cncn2C)CCC1=NO. The van der Waals surface area contributed by atoms with Crippen LogP contribution in [0.4, 0.5) is 0 Å². The zero-order valence-corrected chi connectivity index (χ0v) is 10.00. The Kier molecular flexibility index (Phi) is 3.12. The molecule has 1 unspecified atom stereocenters. The van der Waals surface area contributed by atoms with Crippen molar-refractivity contribution in [2.45, 2.75) is 13.3 Å². The minimum absolute atomic E-state index is 0.0196. The van der Waals surface area contributed by atoms with Gasteiger partial charge in [0.2, 0.25) is 0 Å². The van der Waals surface area contributed by atoms with Crippen molar-refractivity contribution in [2.24, 2.45) is 18.1 Å². The van der Waals surface area contributed by atoms with E-state index in [9.17, 15) is 4.79 Å². The van der Waals surface area contributed by atoms with Crippen molar-refractivity contribution in [3.05, 3.63) is 18.2 Å². The number of aromatic nitrogens is 2. The first kappa shape index (κ1) is 11.6. The molecule has 0 aromatic carbocycles. The molecule has 1 aliphatic rings. The maximum Gasteiger partial charge on any atom is 0.272 e. The van der Waals surface area contributed by atoms with Crippen molar-refractivity contribution in [3.63, 3.8) is 0 Å². The average Bonchev–Trinajstić information content (AvgIpc) is 2.74. The Morgan fingerprint density at radius 3 is 2.94 bits per heavy atom. The van der Waals surface area contributed by atoms with Gasteiger partial charge in [-0.1, -0.05) is 12.1 Å². The highest BCUT2D eigenvalue weighted by atomic mass is 16.4. The molecule has 1 aromatic heterocycles. The van der Waals surface area contributed by atoms with E-state index in [4.69, 9.17) is 5.21 Å². The van der Waals surface area contributed by atoms with Crippen LogP contribution in [0, 0.1) is 5.92 Å². The van der Waals surface area contributed by atoms with Crippen LogP contribution in [-0.4, -0.2) is 44.4 Å². The van der Waals surface area contributed by atoms with Crippen LogP contribution in [0.1, 0.15) is 23.8 Å². The molecule has 0 spiro atoms. The molecule has 2 rings (SSSR count). The number of hydrogen-bond donors (Lipinski definition) is 1. The van der Waals surface area contributed by atoms with E-state index < -0.39 is 0 Å². The summed E-state index contributed by atoms with van der Waals surface area (Å²) in [6.45, 7) is 3.13. The van der Waals surface area contributed by atoms with Gasteiger partial charge in [0, 0.05) is 32.5 Å². The van der Waals surface area contributed by atoms with E-state index in [0.717, 1.165) is 5.71 Å². The Hall–Kier alpha value is -1.85. The summed E-state index contributed by atoms with van der Waals surface area (Å²) >= 11 is 0. The van der Waals surface area contributed by atoms with Crippen LogP contribution in [0.2, 0.25) is 0 Å². The minimum Gasteiger partial charge on any atom is -0.411 e. The second kappa shape index (κ2) is 4.57. The van der Waals surface area contributed by atoms with Crippen LogP contribution in [0.25, 0.3) is 0 Å². The second-order valence-electron chi connectivity index (χ2n) is 4.38. The summed E-state index contributed by atoms with van der Waals surface area (Å²) in [7, 11) is 1.80. The Morgan fingerprint density at radius 2 is 2.41 bits per heavy atom. The number of piperidine rings is 1. The fourth-order valence-corrected chi connectivity index (χ4v) is 2.08. The van der Waals surface area contributed by atoms with Crippen molar-refractivity contribution < 1.29 is 10.0 Å². The van der Waals surface area contributed by atoms with E-state index in [0.29, 0.717) is 25.2 Å². The number of rotatable bonds is 1. The maximum atomic E-state index is 12.2.